The Bertz CT molecular complexity index is 736. The second kappa shape index (κ2) is 7.48. The molecule has 25 heavy (non-hydrogen) atoms. The number of hydrogen-bond acceptors (Lipinski definition) is 5. The third-order valence-corrected chi connectivity index (χ3v) is 4.48. The molecule has 1 aliphatic heterocycles. The number of aryl methyl sites for hydroxylation is 1. The molecule has 2 amide bonds. The summed E-state index contributed by atoms with van der Waals surface area (Å²) in [7, 11) is 0. The number of primary amides is 1. The normalized spacial score (nSPS) is 17.2. The van der Waals surface area contributed by atoms with Crippen LogP contribution in [0.3, 0.4) is 0 Å². The summed E-state index contributed by atoms with van der Waals surface area (Å²) in [5.74, 6) is 0.0173. The van der Waals surface area contributed by atoms with Crippen LogP contribution in [0.25, 0.3) is 0 Å². The molecule has 0 unspecified atom stereocenters. The van der Waals surface area contributed by atoms with Gasteiger partial charge < -0.3 is 15.6 Å². The fourth-order valence-electron chi connectivity index (χ4n) is 3.23. The highest BCUT2D eigenvalue weighted by Crippen LogP contribution is 2.24. The number of carbonyl (C=O) groups is 2. The lowest BCUT2D eigenvalue weighted by molar-refractivity contribution is -0.124. The summed E-state index contributed by atoms with van der Waals surface area (Å²) < 4.78 is 4.93. The molecular weight excluding hydrogens is 320 g/mol. The molecule has 7 nitrogen and oxygen atoms in total. The predicted octanol–water partition coefficient (Wildman–Crippen LogP) is 1.40. The quantitative estimate of drug-likeness (QED) is 0.855. The molecule has 3 rings (SSSR count). The van der Waals surface area contributed by atoms with Crippen molar-refractivity contribution in [3.05, 3.63) is 53.4 Å². The second-order valence-electron chi connectivity index (χ2n) is 6.32. The van der Waals surface area contributed by atoms with Crippen LogP contribution in [0.15, 0.2) is 40.9 Å². The van der Waals surface area contributed by atoms with Crippen molar-refractivity contribution in [2.45, 2.75) is 31.8 Å². The summed E-state index contributed by atoms with van der Waals surface area (Å²) in [6.07, 6.45) is 1.50. The Kier molecular flexibility index (Phi) is 5.14. The Morgan fingerprint density at radius 3 is 2.52 bits per heavy atom. The molecule has 0 saturated carbocycles. The van der Waals surface area contributed by atoms with Gasteiger partial charge >= 0.3 is 0 Å². The van der Waals surface area contributed by atoms with Gasteiger partial charge in [0.15, 0.2) is 5.69 Å². The number of amides is 2. The van der Waals surface area contributed by atoms with Gasteiger partial charge in [-0.15, -0.1) is 0 Å². The van der Waals surface area contributed by atoms with Crippen molar-refractivity contribution in [2.24, 2.45) is 5.73 Å². The van der Waals surface area contributed by atoms with E-state index in [9.17, 15) is 9.59 Å². The Balaban J connectivity index is 1.59. The Morgan fingerprint density at radius 2 is 1.96 bits per heavy atom. The molecule has 0 spiro atoms. The first-order valence-electron chi connectivity index (χ1n) is 8.37. The van der Waals surface area contributed by atoms with Gasteiger partial charge in [-0.2, -0.15) is 0 Å². The Labute approximate surface area is 146 Å². The van der Waals surface area contributed by atoms with Gasteiger partial charge in [0.1, 0.15) is 11.8 Å². The van der Waals surface area contributed by atoms with Crippen molar-refractivity contribution < 1.29 is 14.1 Å². The number of rotatable bonds is 5. The van der Waals surface area contributed by atoms with E-state index in [1.807, 2.05) is 30.3 Å². The minimum absolute atomic E-state index is 0.0463. The van der Waals surface area contributed by atoms with Crippen LogP contribution < -0.4 is 11.1 Å². The highest BCUT2D eigenvalue weighted by atomic mass is 16.5. The van der Waals surface area contributed by atoms with Crippen LogP contribution in [0, 0.1) is 6.92 Å². The van der Waals surface area contributed by atoms with E-state index in [1.54, 1.807) is 13.0 Å². The van der Waals surface area contributed by atoms with Gasteiger partial charge in [0.05, 0.1) is 0 Å². The standard InChI is InChI=1S/C18H22N4O3/c1-12-11-15(21-25-12)18(24)20-14-7-9-22(10-8-14)16(17(19)23)13-5-3-2-4-6-13/h2-6,11,14,16H,7-10H2,1H3,(H2,19,23)(H,20,24)/t16-/m1/s1. The van der Waals surface area contributed by atoms with Crippen molar-refractivity contribution in [1.82, 2.24) is 15.4 Å². The smallest absolute Gasteiger partial charge is 0.273 e. The van der Waals surface area contributed by atoms with Crippen LogP contribution in [0.5, 0.6) is 0 Å². The topological polar surface area (TPSA) is 101 Å². The largest absolute Gasteiger partial charge is 0.368 e. The fraction of sp³-hybridized carbons (Fsp3) is 0.389. The van der Waals surface area contributed by atoms with Gasteiger partial charge in [-0.3, -0.25) is 14.5 Å². The minimum atomic E-state index is -0.434. The molecule has 1 aromatic heterocycles. The zero-order chi connectivity index (χ0) is 17.8. The number of aromatic nitrogens is 1. The van der Waals surface area contributed by atoms with E-state index < -0.39 is 6.04 Å². The lowest BCUT2D eigenvalue weighted by Crippen LogP contribution is -2.48. The maximum atomic E-state index is 12.2. The molecule has 1 fully saturated rings. The molecule has 132 valence electrons. The summed E-state index contributed by atoms with van der Waals surface area (Å²) in [5.41, 5.74) is 6.81. The third-order valence-electron chi connectivity index (χ3n) is 4.48. The van der Waals surface area contributed by atoms with E-state index >= 15 is 0 Å². The molecule has 0 radical (unpaired) electrons. The van der Waals surface area contributed by atoms with Gasteiger partial charge in [-0.1, -0.05) is 35.5 Å². The van der Waals surface area contributed by atoms with E-state index in [4.69, 9.17) is 10.3 Å². The maximum Gasteiger partial charge on any atom is 0.273 e. The highest BCUT2D eigenvalue weighted by molar-refractivity contribution is 5.92. The zero-order valence-electron chi connectivity index (χ0n) is 14.1. The van der Waals surface area contributed by atoms with E-state index in [0.29, 0.717) is 24.5 Å². The summed E-state index contributed by atoms with van der Waals surface area (Å²) in [5, 5.41) is 6.70. The summed E-state index contributed by atoms with van der Waals surface area (Å²) >= 11 is 0. The molecule has 2 aromatic rings. The first-order valence-corrected chi connectivity index (χ1v) is 8.37. The highest BCUT2D eigenvalue weighted by Gasteiger charge is 2.30. The Hall–Kier alpha value is -2.67. The van der Waals surface area contributed by atoms with E-state index in [1.165, 1.54) is 0 Å². The number of piperidine rings is 1. The molecule has 1 aromatic carbocycles. The van der Waals surface area contributed by atoms with Crippen molar-refractivity contribution in [1.29, 1.82) is 0 Å². The number of carbonyl (C=O) groups excluding carboxylic acids is 2. The number of nitrogens with zero attached hydrogens (tertiary/aromatic N) is 2. The molecule has 0 bridgehead atoms. The molecule has 1 atom stereocenters. The van der Waals surface area contributed by atoms with Crippen LogP contribution in [-0.4, -0.2) is 41.0 Å². The van der Waals surface area contributed by atoms with Crippen molar-refractivity contribution in [3.63, 3.8) is 0 Å². The number of hydrogen-bond donors (Lipinski definition) is 2. The lowest BCUT2D eigenvalue weighted by Gasteiger charge is -2.36. The first-order chi connectivity index (χ1) is 12.0. The van der Waals surface area contributed by atoms with Crippen LogP contribution >= 0.6 is 0 Å². The maximum absolute atomic E-state index is 12.2. The molecular formula is C18H22N4O3. The Morgan fingerprint density at radius 1 is 1.28 bits per heavy atom. The lowest BCUT2D eigenvalue weighted by atomic mass is 9.98. The minimum Gasteiger partial charge on any atom is -0.368 e. The zero-order valence-corrected chi connectivity index (χ0v) is 14.1. The molecule has 0 aliphatic carbocycles. The summed E-state index contributed by atoms with van der Waals surface area (Å²) in [6, 6.07) is 10.8. The van der Waals surface area contributed by atoms with Gasteiger partial charge in [0.2, 0.25) is 5.91 Å². The fourth-order valence-corrected chi connectivity index (χ4v) is 3.23. The van der Waals surface area contributed by atoms with Crippen LogP contribution in [0.4, 0.5) is 0 Å². The molecule has 1 saturated heterocycles. The van der Waals surface area contributed by atoms with Crippen molar-refractivity contribution in [3.8, 4) is 0 Å². The number of benzene rings is 1. The van der Waals surface area contributed by atoms with Gasteiger partial charge in [-0.05, 0) is 25.3 Å². The molecule has 7 heteroatoms. The van der Waals surface area contributed by atoms with Gasteiger partial charge in [0, 0.05) is 25.2 Å². The second-order valence-corrected chi connectivity index (χ2v) is 6.32. The number of nitrogens with two attached hydrogens (primary N) is 1. The molecule has 1 aliphatic rings. The van der Waals surface area contributed by atoms with E-state index in [0.717, 1.165) is 18.4 Å². The SMILES string of the molecule is Cc1cc(C(=O)NC2CCN([C@@H](C(N)=O)c3ccccc3)CC2)no1. The summed E-state index contributed by atoms with van der Waals surface area (Å²) in [6.45, 7) is 3.12. The molecule has 2 heterocycles. The average Bonchev–Trinajstić information content (AvgIpc) is 3.04. The van der Waals surface area contributed by atoms with E-state index in [2.05, 4.69) is 15.4 Å². The van der Waals surface area contributed by atoms with Crippen LogP contribution in [0.2, 0.25) is 0 Å². The third kappa shape index (κ3) is 4.06. The molecule has 3 N–H and O–H groups in total. The van der Waals surface area contributed by atoms with Crippen molar-refractivity contribution >= 4 is 11.8 Å². The van der Waals surface area contributed by atoms with Gasteiger partial charge in [-0.25, -0.2) is 0 Å². The number of likely N-dealkylation sites (tertiary alicyclic amines) is 1. The van der Waals surface area contributed by atoms with E-state index in [-0.39, 0.29) is 17.9 Å². The predicted molar refractivity (Wildman–Crippen MR) is 91.7 cm³/mol. The van der Waals surface area contributed by atoms with Gasteiger partial charge in [0.25, 0.3) is 5.91 Å². The average molecular weight is 342 g/mol. The number of nitrogens with one attached hydrogen (secondary N) is 1. The summed E-state index contributed by atoms with van der Waals surface area (Å²) in [4.78, 5) is 26.2. The monoisotopic (exact) mass is 342 g/mol. The van der Waals surface area contributed by atoms with Crippen molar-refractivity contribution in [2.75, 3.05) is 13.1 Å². The van der Waals surface area contributed by atoms with Crippen LogP contribution in [-0.2, 0) is 4.79 Å². The van der Waals surface area contributed by atoms with Crippen LogP contribution in [0.1, 0.15) is 40.7 Å². The first kappa shape index (κ1) is 17.2.